The van der Waals surface area contributed by atoms with Crippen LogP contribution in [0.5, 0.6) is 5.75 Å². The zero-order chi connectivity index (χ0) is 22.2. The maximum atomic E-state index is 14.1. The van der Waals surface area contributed by atoms with Crippen LogP contribution in [-0.4, -0.2) is 47.6 Å². The van der Waals surface area contributed by atoms with Gasteiger partial charge in [0.1, 0.15) is 17.7 Å². The minimum absolute atomic E-state index is 0.0228. The third-order valence-electron chi connectivity index (χ3n) is 5.20. The lowest BCUT2D eigenvalue weighted by Crippen LogP contribution is -2.43. The van der Waals surface area contributed by atoms with Gasteiger partial charge >= 0.3 is 6.03 Å². The molecule has 0 bridgehead atoms. The number of halogens is 1. The van der Waals surface area contributed by atoms with Gasteiger partial charge in [0, 0.05) is 31.8 Å². The van der Waals surface area contributed by atoms with Crippen molar-refractivity contribution in [1.29, 1.82) is 0 Å². The van der Waals surface area contributed by atoms with Crippen LogP contribution in [0.15, 0.2) is 36.5 Å². The molecule has 1 aliphatic rings. The quantitative estimate of drug-likeness (QED) is 0.707. The molecule has 1 aromatic carbocycles. The molecule has 166 valence electrons. The molecule has 1 fully saturated rings. The number of benzene rings is 1. The molecule has 1 saturated heterocycles. The van der Waals surface area contributed by atoms with Crippen LogP contribution in [0.2, 0.25) is 0 Å². The summed E-state index contributed by atoms with van der Waals surface area (Å²) in [6, 6.07) is 7.89. The zero-order valence-corrected chi connectivity index (χ0v) is 18.0. The summed E-state index contributed by atoms with van der Waals surface area (Å²) in [7, 11) is 0. The van der Waals surface area contributed by atoms with Crippen LogP contribution < -0.4 is 15.4 Å². The molecule has 31 heavy (non-hydrogen) atoms. The van der Waals surface area contributed by atoms with Gasteiger partial charge in [-0.3, -0.25) is 9.78 Å². The van der Waals surface area contributed by atoms with E-state index >= 15 is 0 Å². The van der Waals surface area contributed by atoms with Crippen LogP contribution >= 0.6 is 0 Å². The molecule has 2 N–H and O–H groups in total. The van der Waals surface area contributed by atoms with E-state index < -0.39 is 5.82 Å². The number of hydrogen-bond donors (Lipinski definition) is 2. The number of piperidine rings is 1. The van der Waals surface area contributed by atoms with Crippen molar-refractivity contribution in [2.45, 2.75) is 45.6 Å². The Bertz CT molecular complexity index is 904. The number of nitrogens with zero attached hydrogens (tertiary/aromatic N) is 2. The van der Waals surface area contributed by atoms with E-state index in [2.05, 4.69) is 15.6 Å². The molecule has 2 heterocycles. The highest BCUT2D eigenvalue weighted by Crippen LogP contribution is 2.22. The topological polar surface area (TPSA) is 83.6 Å². The van der Waals surface area contributed by atoms with Gasteiger partial charge in [0.05, 0.1) is 18.4 Å². The number of pyridine rings is 1. The van der Waals surface area contributed by atoms with Crippen LogP contribution in [-0.2, 0) is 17.6 Å². The number of amides is 3. The summed E-state index contributed by atoms with van der Waals surface area (Å²) in [5, 5.41) is 5.49. The molecule has 0 aliphatic carbocycles. The molecular weight excluding hydrogens is 399 g/mol. The number of aryl methyl sites for hydroxylation is 1. The molecule has 0 unspecified atom stereocenters. The maximum absolute atomic E-state index is 14.1. The van der Waals surface area contributed by atoms with Crippen molar-refractivity contribution in [3.8, 4) is 5.75 Å². The van der Waals surface area contributed by atoms with Gasteiger partial charge in [-0.2, -0.15) is 0 Å². The first kappa shape index (κ1) is 22.5. The first-order valence-electron chi connectivity index (χ1n) is 10.6. The van der Waals surface area contributed by atoms with Crippen LogP contribution in [0, 0.1) is 5.82 Å². The fourth-order valence-electron chi connectivity index (χ4n) is 3.55. The second-order valence-electron chi connectivity index (χ2n) is 7.66. The van der Waals surface area contributed by atoms with Crippen molar-refractivity contribution >= 4 is 17.6 Å². The molecule has 3 amide bonds. The number of aromatic nitrogens is 1. The number of nitrogens with one attached hydrogen (secondary N) is 2. The largest absolute Gasteiger partial charge is 0.488 e. The molecular formula is C23H29FN4O3. The Morgan fingerprint density at radius 2 is 2.13 bits per heavy atom. The molecule has 3 rings (SSSR count). The SMILES string of the molecule is CCc1ccc(NC(=O)NCCc2cc(F)cc(O[C@@H]3CCCN(C(C)=O)C3)c2)cn1. The average molecular weight is 429 g/mol. The van der Waals surface area contributed by atoms with Gasteiger partial charge in [0.15, 0.2) is 0 Å². The second kappa shape index (κ2) is 10.7. The zero-order valence-electron chi connectivity index (χ0n) is 18.0. The van der Waals surface area contributed by atoms with Gasteiger partial charge in [0.2, 0.25) is 5.91 Å². The normalized spacial score (nSPS) is 16.0. The van der Waals surface area contributed by atoms with Crippen LogP contribution in [0.25, 0.3) is 0 Å². The number of hydrogen-bond acceptors (Lipinski definition) is 4. The Balaban J connectivity index is 1.49. The Labute approximate surface area is 182 Å². The van der Waals surface area contributed by atoms with Gasteiger partial charge in [0.25, 0.3) is 0 Å². The highest BCUT2D eigenvalue weighted by molar-refractivity contribution is 5.88. The first-order valence-corrected chi connectivity index (χ1v) is 10.6. The predicted molar refractivity (Wildman–Crippen MR) is 117 cm³/mol. The minimum Gasteiger partial charge on any atom is -0.488 e. The Kier molecular flexibility index (Phi) is 7.81. The molecule has 7 nitrogen and oxygen atoms in total. The van der Waals surface area contributed by atoms with Gasteiger partial charge in [-0.15, -0.1) is 0 Å². The summed E-state index contributed by atoms with van der Waals surface area (Å²) in [5.74, 6) is 0.0740. The van der Waals surface area contributed by atoms with Crippen molar-refractivity contribution < 1.29 is 18.7 Å². The Morgan fingerprint density at radius 1 is 1.29 bits per heavy atom. The maximum Gasteiger partial charge on any atom is 0.319 e. The predicted octanol–water partition coefficient (Wildman–Crippen LogP) is 3.54. The number of urea groups is 1. The standard InChI is InChI=1S/C23H29FN4O3/c1-3-19-6-7-20(14-26-19)27-23(30)25-9-8-17-11-18(24)13-22(12-17)31-21-5-4-10-28(15-21)16(2)29/h6-7,11-14,21H,3-5,8-10,15H2,1-2H3,(H2,25,27,30)/t21-/m1/s1. The van der Waals surface area contributed by atoms with Crippen LogP contribution in [0.1, 0.15) is 37.9 Å². The summed E-state index contributed by atoms with van der Waals surface area (Å²) in [6.45, 7) is 5.15. The summed E-state index contributed by atoms with van der Waals surface area (Å²) >= 11 is 0. The Morgan fingerprint density at radius 3 is 2.84 bits per heavy atom. The van der Waals surface area contributed by atoms with Crippen molar-refractivity contribution in [3.63, 3.8) is 0 Å². The second-order valence-corrected chi connectivity index (χ2v) is 7.66. The highest BCUT2D eigenvalue weighted by atomic mass is 19.1. The fraction of sp³-hybridized carbons (Fsp3) is 0.435. The van der Waals surface area contributed by atoms with E-state index in [0.29, 0.717) is 30.9 Å². The number of ether oxygens (including phenoxy) is 1. The van der Waals surface area contributed by atoms with Crippen molar-refractivity contribution in [1.82, 2.24) is 15.2 Å². The molecule has 2 aromatic rings. The third kappa shape index (κ3) is 6.94. The molecule has 1 aromatic heterocycles. The lowest BCUT2D eigenvalue weighted by molar-refractivity contribution is -0.131. The lowest BCUT2D eigenvalue weighted by Gasteiger charge is -2.32. The summed E-state index contributed by atoms with van der Waals surface area (Å²) < 4.78 is 20.0. The van der Waals surface area contributed by atoms with E-state index in [4.69, 9.17) is 4.74 Å². The lowest BCUT2D eigenvalue weighted by atomic mass is 10.1. The van der Waals surface area contributed by atoms with E-state index in [1.54, 1.807) is 30.2 Å². The van der Waals surface area contributed by atoms with Crippen LogP contribution in [0.3, 0.4) is 0 Å². The van der Waals surface area contributed by atoms with E-state index in [9.17, 15) is 14.0 Å². The summed E-state index contributed by atoms with van der Waals surface area (Å²) in [5.41, 5.74) is 2.30. The highest BCUT2D eigenvalue weighted by Gasteiger charge is 2.23. The van der Waals surface area contributed by atoms with Crippen molar-refractivity contribution in [2.75, 3.05) is 25.0 Å². The minimum atomic E-state index is -0.390. The summed E-state index contributed by atoms with van der Waals surface area (Å²) in [4.78, 5) is 29.6. The van der Waals surface area contributed by atoms with E-state index in [-0.39, 0.29) is 18.0 Å². The average Bonchev–Trinajstić information content (AvgIpc) is 2.74. The Hall–Kier alpha value is -3.16. The number of likely N-dealkylation sites (tertiary alicyclic amines) is 1. The molecule has 1 atom stereocenters. The first-order chi connectivity index (χ1) is 14.9. The van der Waals surface area contributed by atoms with Crippen molar-refractivity contribution in [3.05, 3.63) is 53.6 Å². The molecule has 0 radical (unpaired) electrons. The third-order valence-corrected chi connectivity index (χ3v) is 5.20. The molecule has 8 heteroatoms. The van der Waals surface area contributed by atoms with Gasteiger partial charge in [-0.1, -0.05) is 6.92 Å². The fourth-order valence-corrected chi connectivity index (χ4v) is 3.55. The van der Waals surface area contributed by atoms with Gasteiger partial charge in [-0.05, 0) is 55.5 Å². The van der Waals surface area contributed by atoms with E-state index in [1.165, 1.54) is 12.1 Å². The summed E-state index contributed by atoms with van der Waals surface area (Å²) in [6.07, 6.45) is 4.45. The van der Waals surface area contributed by atoms with Crippen LogP contribution in [0.4, 0.5) is 14.9 Å². The van der Waals surface area contributed by atoms with Gasteiger partial charge < -0.3 is 20.3 Å². The smallest absolute Gasteiger partial charge is 0.319 e. The number of carbonyl (C=O) groups excluding carboxylic acids is 2. The molecule has 1 aliphatic heterocycles. The molecule has 0 saturated carbocycles. The monoisotopic (exact) mass is 428 g/mol. The van der Waals surface area contributed by atoms with E-state index in [0.717, 1.165) is 37.1 Å². The van der Waals surface area contributed by atoms with E-state index in [1.807, 2.05) is 13.0 Å². The number of carbonyl (C=O) groups is 2. The number of rotatable bonds is 7. The van der Waals surface area contributed by atoms with Gasteiger partial charge in [-0.25, -0.2) is 9.18 Å². The number of anilines is 1. The van der Waals surface area contributed by atoms with Crippen molar-refractivity contribution in [2.24, 2.45) is 0 Å². The molecule has 0 spiro atoms.